The Morgan fingerprint density at radius 1 is 0.850 bits per heavy atom. The van der Waals surface area contributed by atoms with Crippen LogP contribution in [0, 0.1) is 11.8 Å². The van der Waals surface area contributed by atoms with Crippen molar-refractivity contribution >= 4 is 0 Å². The smallest absolute Gasteiger partial charge is 0.0589 e. The zero-order valence-corrected chi connectivity index (χ0v) is 12.6. The van der Waals surface area contributed by atoms with Gasteiger partial charge in [0, 0.05) is 0 Å². The fourth-order valence-electron chi connectivity index (χ4n) is 2.91. The van der Waals surface area contributed by atoms with E-state index in [1.54, 1.807) is 0 Å². The van der Waals surface area contributed by atoms with Crippen LogP contribution in [-0.4, -0.2) is 6.54 Å². The van der Waals surface area contributed by atoms with Crippen LogP contribution in [0.4, 0.5) is 0 Å². The Kier molecular flexibility index (Phi) is 3.62. The molecule has 0 spiro atoms. The largest absolute Gasteiger partial charge is 0.306 e. The van der Waals surface area contributed by atoms with E-state index in [0.29, 0.717) is 12.0 Å². The van der Waals surface area contributed by atoms with Crippen molar-refractivity contribution in [3.63, 3.8) is 0 Å². The molecule has 0 bridgehead atoms. The minimum atomic E-state index is 0.351. The van der Waals surface area contributed by atoms with Gasteiger partial charge in [0.1, 0.15) is 0 Å². The van der Waals surface area contributed by atoms with Gasteiger partial charge in [-0.15, -0.1) is 0 Å². The summed E-state index contributed by atoms with van der Waals surface area (Å²) in [5.74, 6) is 1.41. The molecule has 0 aromatic heterocycles. The lowest BCUT2D eigenvalue weighted by Gasteiger charge is -2.21. The van der Waals surface area contributed by atoms with Crippen LogP contribution in [0.25, 0.3) is 11.1 Å². The molecule has 2 aromatic carbocycles. The minimum absolute atomic E-state index is 0.351. The average Bonchev–Trinajstić information content (AvgIpc) is 2.79. The Balaban J connectivity index is 1.91. The average molecular weight is 265 g/mol. The van der Waals surface area contributed by atoms with Crippen molar-refractivity contribution in [2.45, 2.75) is 26.8 Å². The van der Waals surface area contributed by atoms with Crippen LogP contribution in [0.15, 0.2) is 48.5 Å². The Hall–Kier alpha value is -1.60. The van der Waals surface area contributed by atoms with Crippen LogP contribution >= 0.6 is 0 Å². The monoisotopic (exact) mass is 265 g/mol. The van der Waals surface area contributed by atoms with Crippen molar-refractivity contribution in [3.8, 4) is 11.1 Å². The zero-order valence-electron chi connectivity index (χ0n) is 12.6. The van der Waals surface area contributed by atoms with Crippen molar-refractivity contribution < 1.29 is 0 Å². The third-order valence-electron chi connectivity index (χ3n) is 4.62. The highest BCUT2D eigenvalue weighted by atomic mass is 14.9. The lowest BCUT2D eigenvalue weighted by Crippen LogP contribution is -2.28. The maximum Gasteiger partial charge on any atom is 0.0589 e. The van der Waals surface area contributed by atoms with E-state index in [1.807, 2.05) is 0 Å². The summed E-state index contributed by atoms with van der Waals surface area (Å²) in [4.78, 5) is 0. The first kappa shape index (κ1) is 13.4. The number of benzene rings is 2. The molecule has 1 unspecified atom stereocenters. The standard InChI is InChI=1S/C19H23N/c1-13(2)14(3)12-20-19-17-10-6-4-8-15(17)16-9-5-7-11-18(16)19/h4-11,13-14,19-20H,12H2,1-3H3. The van der Waals surface area contributed by atoms with Crippen molar-refractivity contribution in [2.75, 3.05) is 6.54 Å². The molecule has 20 heavy (non-hydrogen) atoms. The molecule has 104 valence electrons. The van der Waals surface area contributed by atoms with Gasteiger partial charge in [-0.2, -0.15) is 0 Å². The molecule has 3 rings (SSSR count). The summed E-state index contributed by atoms with van der Waals surface area (Å²) < 4.78 is 0. The highest BCUT2D eigenvalue weighted by molar-refractivity contribution is 5.78. The maximum absolute atomic E-state index is 3.78. The lowest BCUT2D eigenvalue weighted by atomic mass is 9.97. The van der Waals surface area contributed by atoms with E-state index in [2.05, 4.69) is 74.6 Å². The molecule has 0 saturated heterocycles. The molecular formula is C19H23N. The Labute approximate surface area is 122 Å². The molecule has 0 amide bonds. The van der Waals surface area contributed by atoms with Gasteiger partial charge in [-0.3, -0.25) is 0 Å². The van der Waals surface area contributed by atoms with E-state index in [0.717, 1.165) is 12.5 Å². The van der Waals surface area contributed by atoms with Crippen LogP contribution in [0.3, 0.4) is 0 Å². The molecule has 0 heterocycles. The first-order valence-electron chi connectivity index (χ1n) is 7.60. The van der Waals surface area contributed by atoms with E-state index >= 15 is 0 Å². The second-order valence-corrected chi connectivity index (χ2v) is 6.24. The normalized spacial score (nSPS) is 15.2. The Morgan fingerprint density at radius 3 is 1.85 bits per heavy atom. The van der Waals surface area contributed by atoms with E-state index < -0.39 is 0 Å². The maximum atomic E-state index is 3.78. The fourth-order valence-corrected chi connectivity index (χ4v) is 2.91. The zero-order chi connectivity index (χ0) is 14.1. The minimum Gasteiger partial charge on any atom is -0.306 e. The molecule has 1 nitrogen and oxygen atoms in total. The van der Waals surface area contributed by atoms with Crippen LogP contribution in [0.1, 0.15) is 37.9 Å². The summed E-state index contributed by atoms with van der Waals surface area (Å²) in [6.45, 7) is 7.97. The van der Waals surface area contributed by atoms with E-state index in [4.69, 9.17) is 0 Å². The van der Waals surface area contributed by atoms with Crippen molar-refractivity contribution in [1.82, 2.24) is 5.32 Å². The van der Waals surface area contributed by atoms with Gasteiger partial charge in [-0.05, 0) is 40.6 Å². The van der Waals surface area contributed by atoms with Gasteiger partial charge in [0.05, 0.1) is 6.04 Å². The van der Waals surface area contributed by atoms with Crippen molar-refractivity contribution in [2.24, 2.45) is 11.8 Å². The fraction of sp³-hybridized carbons (Fsp3) is 0.368. The van der Waals surface area contributed by atoms with Crippen LogP contribution in [-0.2, 0) is 0 Å². The number of nitrogens with one attached hydrogen (secondary N) is 1. The highest BCUT2D eigenvalue weighted by Crippen LogP contribution is 2.43. The highest BCUT2D eigenvalue weighted by Gasteiger charge is 2.27. The second-order valence-electron chi connectivity index (χ2n) is 6.24. The molecule has 0 saturated carbocycles. The summed E-state index contributed by atoms with van der Waals surface area (Å²) in [5.41, 5.74) is 5.62. The van der Waals surface area contributed by atoms with Crippen LogP contribution < -0.4 is 5.32 Å². The first-order valence-corrected chi connectivity index (χ1v) is 7.60. The molecule has 1 N–H and O–H groups in total. The van der Waals surface area contributed by atoms with Crippen molar-refractivity contribution in [3.05, 3.63) is 59.7 Å². The Morgan fingerprint density at radius 2 is 1.35 bits per heavy atom. The van der Waals surface area contributed by atoms with Crippen LogP contribution in [0.2, 0.25) is 0 Å². The van der Waals surface area contributed by atoms with Gasteiger partial charge in [0.15, 0.2) is 0 Å². The Bertz CT molecular complexity index is 555. The number of fused-ring (bicyclic) bond motifs is 3. The quantitative estimate of drug-likeness (QED) is 0.849. The van der Waals surface area contributed by atoms with Crippen molar-refractivity contribution in [1.29, 1.82) is 0 Å². The number of rotatable bonds is 4. The van der Waals surface area contributed by atoms with Gasteiger partial charge in [0.2, 0.25) is 0 Å². The third kappa shape index (κ3) is 2.27. The molecule has 1 atom stereocenters. The summed E-state index contributed by atoms with van der Waals surface area (Å²) in [6, 6.07) is 17.9. The molecule has 2 aromatic rings. The van der Waals surface area contributed by atoms with Gasteiger partial charge >= 0.3 is 0 Å². The first-order chi connectivity index (χ1) is 9.68. The molecule has 1 heteroatoms. The molecule has 0 radical (unpaired) electrons. The van der Waals surface area contributed by atoms with E-state index in [-0.39, 0.29) is 0 Å². The van der Waals surface area contributed by atoms with E-state index in [9.17, 15) is 0 Å². The topological polar surface area (TPSA) is 12.0 Å². The molecular weight excluding hydrogens is 242 g/mol. The number of hydrogen-bond donors (Lipinski definition) is 1. The van der Waals surface area contributed by atoms with Crippen LogP contribution in [0.5, 0.6) is 0 Å². The molecule has 0 fully saturated rings. The molecule has 1 aliphatic carbocycles. The van der Waals surface area contributed by atoms with Gasteiger partial charge in [0.25, 0.3) is 0 Å². The van der Waals surface area contributed by atoms with Gasteiger partial charge in [-0.1, -0.05) is 69.3 Å². The SMILES string of the molecule is CC(C)C(C)CNC1c2ccccc2-c2ccccc21. The predicted molar refractivity (Wildman–Crippen MR) is 85.7 cm³/mol. The molecule has 1 aliphatic rings. The predicted octanol–water partition coefficient (Wildman–Crippen LogP) is 4.64. The number of hydrogen-bond acceptors (Lipinski definition) is 1. The summed E-state index contributed by atoms with van der Waals surface area (Å²) >= 11 is 0. The third-order valence-corrected chi connectivity index (χ3v) is 4.62. The van der Waals surface area contributed by atoms with Gasteiger partial charge in [-0.25, -0.2) is 0 Å². The second kappa shape index (κ2) is 5.41. The summed E-state index contributed by atoms with van der Waals surface area (Å²) in [7, 11) is 0. The van der Waals surface area contributed by atoms with Gasteiger partial charge < -0.3 is 5.32 Å². The lowest BCUT2D eigenvalue weighted by molar-refractivity contribution is 0.382. The van der Waals surface area contributed by atoms with E-state index in [1.165, 1.54) is 22.3 Å². The summed E-state index contributed by atoms with van der Waals surface area (Å²) in [6.07, 6.45) is 0. The summed E-state index contributed by atoms with van der Waals surface area (Å²) in [5, 5.41) is 3.78. The molecule has 0 aliphatic heterocycles.